The number of carbonyl (C=O) groups is 1. The fraction of sp³-hybridized carbons (Fsp3) is 0.286. The largest absolute Gasteiger partial charge is 0.497 e. The number of nitrogens with zero attached hydrogens (tertiary/aromatic N) is 3. The highest BCUT2D eigenvalue weighted by Crippen LogP contribution is 2.29. The number of likely N-dealkylation sites (tertiary alicyclic amines) is 1. The normalized spacial score (nSPS) is 16.7. The van der Waals surface area contributed by atoms with Crippen LogP contribution in [-0.2, 0) is 0 Å². The highest BCUT2D eigenvalue weighted by Gasteiger charge is 2.30. The summed E-state index contributed by atoms with van der Waals surface area (Å²) in [6, 6.07) is 10.3. The molecule has 0 bridgehead atoms. The molecule has 1 aliphatic heterocycles. The maximum Gasteiger partial charge on any atom is 0.256 e. The molecular weight excluding hydrogens is 380 g/mol. The molecule has 3 aromatic rings. The molecular formula is C21H19F2N3O3. The van der Waals surface area contributed by atoms with Gasteiger partial charge in [0.05, 0.1) is 18.6 Å². The summed E-state index contributed by atoms with van der Waals surface area (Å²) in [4.78, 5) is 18.7. The number of aromatic nitrogens is 2. The van der Waals surface area contributed by atoms with Crippen LogP contribution < -0.4 is 4.74 Å². The summed E-state index contributed by atoms with van der Waals surface area (Å²) in [5, 5.41) is 4.04. The van der Waals surface area contributed by atoms with E-state index in [9.17, 15) is 13.6 Å². The molecule has 1 amide bonds. The smallest absolute Gasteiger partial charge is 0.256 e. The SMILES string of the molecule is COc1cccc(-c2noc([C@@H]3CCCN(C(=O)c4ccc(F)cc4F)C3)n2)c1. The Labute approximate surface area is 166 Å². The van der Waals surface area contributed by atoms with Crippen LogP contribution in [0, 0.1) is 11.6 Å². The van der Waals surface area contributed by atoms with Gasteiger partial charge in [-0.15, -0.1) is 0 Å². The second kappa shape index (κ2) is 7.98. The second-order valence-electron chi connectivity index (χ2n) is 6.90. The first-order valence-electron chi connectivity index (χ1n) is 9.27. The summed E-state index contributed by atoms with van der Waals surface area (Å²) < 4.78 is 37.8. The van der Waals surface area contributed by atoms with Gasteiger partial charge in [-0.05, 0) is 37.1 Å². The zero-order chi connectivity index (χ0) is 20.4. The first-order chi connectivity index (χ1) is 14.0. The van der Waals surface area contributed by atoms with Gasteiger partial charge in [-0.25, -0.2) is 8.78 Å². The van der Waals surface area contributed by atoms with E-state index in [4.69, 9.17) is 9.26 Å². The van der Waals surface area contributed by atoms with Crippen molar-refractivity contribution in [2.24, 2.45) is 0 Å². The predicted molar refractivity (Wildman–Crippen MR) is 101 cm³/mol. The molecule has 0 N–H and O–H groups in total. The lowest BCUT2D eigenvalue weighted by Crippen LogP contribution is -2.39. The third-order valence-electron chi connectivity index (χ3n) is 4.99. The van der Waals surface area contributed by atoms with Crippen molar-refractivity contribution >= 4 is 5.91 Å². The van der Waals surface area contributed by atoms with E-state index in [0.29, 0.717) is 36.6 Å². The number of hydrogen-bond acceptors (Lipinski definition) is 5. The summed E-state index contributed by atoms with van der Waals surface area (Å²) >= 11 is 0. The van der Waals surface area contributed by atoms with Crippen LogP contribution in [0.1, 0.15) is 35.0 Å². The number of benzene rings is 2. The molecule has 0 aliphatic carbocycles. The molecule has 0 saturated carbocycles. The molecule has 1 aliphatic rings. The van der Waals surface area contributed by atoms with Crippen molar-refractivity contribution < 1.29 is 22.8 Å². The topological polar surface area (TPSA) is 68.5 Å². The summed E-state index contributed by atoms with van der Waals surface area (Å²) in [6.45, 7) is 0.818. The van der Waals surface area contributed by atoms with Gasteiger partial charge in [0.2, 0.25) is 11.7 Å². The molecule has 6 nitrogen and oxygen atoms in total. The monoisotopic (exact) mass is 399 g/mol. The molecule has 0 radical (unpaired) electrons. The summed E-state index contributed by atoms with van der Waals surface area (Å²) in [5.41, 5.74) is 0.617. The Balaban J connectivity index is 1.51. The van der Waals surface area contributed by atoms with Gasteiger partial charge in [-0.1, -0.05) is 17.3 Å². The van der Waals surface area contributed by atoms with Crippen LogP contribution in [-0.4, -0.2) is 41.1 Å². The van der Waals surface area contributed by atoms with E-state index in [1.54, 1.807) is 12.0 Å². The van der Waals surface area contributed by atoms with Crippen LogP contribution in [0.2, 0.25) is 0 Å². The van der Waals surface area contributed by atoms with E-state index in [2.05, 4.69) is 10.1 Å². The first kappa shape index (κ1) is 19.0. The highest BCUT2D eigenvalue weighted by molar-refractivity contribution is 5.94. The van der Waals surface area contributed by atoms with Gasteiger partial charge in [0.1, 0.15) is 17.4 Å². The number of amides is 1. The van der Waals surface area contributed by atoms with Crippen LogP contribution >= 0.6 is 0 Å². The van der Waals surface area contributed by atoms with Crippen LogP contribution in [0.15, 0.2) is 47.0 Å². The Morgan fingerprint density at radius 2 is 2.10 bits per heavy atom. The van der Waals surface area contributed by atoms with Crippen molar-refractivity contribution in [3.63, 3.8) is 0 Å². The molecule has 2 heterocycles. The van der Waals surface area contributed by atoms with E-state index >= 15 is 0 Å². The average Bonchev–Trinajstić information content (AvgIpc) is 3.24. The fourth-order valence-corrected chi connectivity index (χ4v) is 3.48. The van der Waals surface area contributed by atoms with Gasteiger partial charge in [0.15, 0.2) is 0 Å². The number of hydrogen-bond donors (Lipinski definition) is 0. The molecule has 8 heteroatoms. The summed E-state index contributed by atoms with van der Waals surface area (Å²) in [5.74, 6) is -0.652. The molecule has 29 heavy (non-hydrogen) atoms. The number of carbonyl (C=O) groups excluding carboxylic acids is 1. The molecule has 1 fully saturated rings. The zero-order valence-electron chi connectivity index (χ0n) is 15.8. The number of halogens is 2. The lowest BCUT2D eigenvalue weighted by Gasteiger charge is -2.31. The van der Waals surface area contributed by atoms with Crippen molar-refractivity contribution in [1.29, 1.82) is 0 Å². The molecule has 150 valence electrons. The van der Waals surface area contributed by atoms with Crippen molar-refractivity contribution in [2.45, 2.75) is 18.8 Å². The third kappa shape index (κ3) is 3.96. The average molecular weight is 399 g/mol. The van der Waals surface area contributed by atoms with E-state index in [1.165, 1.54) is 6.07 Å². The molecule has 0 spiro atoms. The van der Waals surface area contributed by atoms with Gasteiger partial charge in [-0.2, -0.15) is 4.98 Å². The standard InChI is InChI=1S/C21H19F2N3O3/c1-28-16-6-2-4-13(10-16)19-24-20(29-25-19)14-5-3-9-26(12-14)21(27)17-8-7-15(22)11-18(17)23/h2,4,6-8,10-11,14H,3,5,9,12H2,1H3/t14-/m1/s1. The summed E-state index contributed by atoms with van der Waals surface area (Å²) in [7, 11) is 1.58. The van der Waals surface area contributed by atoms with Gasteiger partial charge in [0, 0.05) is 24.7 Å². The van der Waals surface area contributed by atoms with E-state index in [1.807, 2.05) is 24.3 Å². The Morgan fingerprint density at radius 1 is 1.24 bits per heavy atom. The van der Waals surface area contributed by atoms with Gasteiger partial charge < -0.3 is 14.2 Å². The molecule has 1 atom stereocenters. The fourth-order valence-electron chi connectivity index (χ4n) is 3.48. The highest BCUT2D eigenvalue weighted by atomic mass is 19.1. The number of piperidine rings is 1. The molecule has 2 aromatic carbocycles. The minimum Gasteiger partial charge on any atom is -0.497 e. The van der Waals surface area contributed by atoms with Crippen LogP contribution in [0.3, 0.4) is 0 Å². The van der Waals surface area contributed by atoms with Crippen molar-refractivity contribution in [2.75, 3.05) is 20.2 Å². The van der Waals surface area contributed by atoms with E-state index < -0.39 is 17.5 Å². The Morgan fingerprint density at radius 3 is 2.90 bits per heavy atom. The predicted octanol–water partition coefficient (Wildman–Crippen LogP) is 4.04. The maximum absolute atomic E-state index is 14.0. The van der Waals surface area contributed by atoms with Crippen molar-refractivity contribution in [1.82, 2.24) is 15.0 Å². The van der Waals surface area contributed by atoms with Crippen LogP contribution in [0.25, 0.3) is 11.4 Å². The molecule has 1 saturated heterocycles. The molecule has 4 rings (SSSR count). The van der Waals surface area contributed by atoms with Crippen LogP contribution in [0.5, 0.6) is 5.75 Å². The van der Waals surface area contributed by atoms with Gasteiger partial charge in [0.25, 0.3) is 5.91 Å². The molecule has 0 unspecified atom stereocenters. The van der Waals surface area contributed by atoms with E-state index in [-0.39, 0.29) is 11.5 Å². The number of ether oxygens (including phenoxy) is 1. The van der Waals surface area contributed by atoms with Gasteiger partial charge >= 0.3 is 0 Å². The Kier molecular flexibility index (Phi) is 5.24. The lowest BCUT2D eigenvalue weighted by molar-refractivity contribution is 0.0691. The maximum atomic E-state index is 14.0. The van der Waals surface area contributed by atoms with Gasteiger partial charge in [-0.3, -0.25) is 4.79 Å². The van der Waals surface area contributed by atoms with Crippen molar-refractivity contribution in [3.05, 3.63) is 65.6 Å². The Bertz CT molecular complexity index is 1040. The van der Waals surface area contributed by atoms with E-state index in [0.717, 1.165) is 24.5 Å². The number of methoxy groups -OCH3 is 1. The Hall–Kier alpha value is -3.29. The first-order valence-corrected chi connectivity index (χ1v) is 9.27. The lowest BCUT2D eigenvalue weighted by atomic mass is 9.97. The zero-order valence-corrected chi connectivity index (χ0v) is 15.8. The summed E-state index contributed by atoms with van der Waals surface area (Å²) in [6.07, 6.45) is 1.49. The second-order valence-corrected chi connectivity index (χ2v) is 6.90. The third-order valence-corrected chi connectivity index (χ3v) is 4.99. The minimum atomic E-state index is -0.866. The molecule has 1 aromatic heterocycles. The minimum absolute atomic E-state index is 0.144. The van der Waals surface area contributed by atoms with Crippen molar-refractivity contribution in [3.8, 4) is 17.1 Å². The quantitative estimate of drug-likeness (QED) is 0.662. The number of rotatable bonds is 4. The van der Waals surface area contributed by atoms with Crippen LogP contribution in [0.4, 0.5) is 8.78 Å².